The normalized spacial score (nSPS) is 10.6. The van der Waals surface area contributed by atoms with Gasteiger partial charge in [0.25, 0.3) is 0 Å². The molecule has 0 fully saturated rings. The van der Waals surface area contributed by atoms with Crippen LogP contribution in [0, 0.1) is 0 Å². The van der Waals surface area contributed by atoms with Crippen LogP contribution in [0.3, 0.4) is 0 Å². The van der Waals surface area contributed by atoms with Crippen molar-refractivity contribution < 1.29 is 14.3 Å². The third-order valence-corrected chi connectivity index (χ3v) is 4.15. The monoisotopic (exact) mass is 413 g/mol. The minimum Gasteiger partial charge on any atom is -0.488 e. The zero-order valence-corrected chi connectivity index (χ0v) is 15.8. The summed E-state index contributed by atoms with van der Waals surface area (Å²) < 4.78 is 5.76. The van der Waals surface area contributed by atoms with Crippen LogP contribution < -0.4 is 15.5 Å². The van der Waals surface area contributed by atoms with Crippen LogP contribution in [0.4, 0.5) is 0 Å². The average molecular weight is 415 g/mol. The lowest BCUT2D eigenvalue weighted by Crippen LogP contribution is -2.35. The van der Waals surface area contributed by atoms with Crippen molar-refractivity contribution in [3.63, 3.8) is 0 Å². The highest BCUT2D eigenvalue weighted by Gasteiger charge is 2.11. The van der Waals surface area contributed by atoms with Gasteiger partial charge in [-0.1, -0.05) is 40.9 Å². The van der Waals surface area contributed by atoms with Crippen molar-refractivity contribution in [2.45, 2.75) is 6.61 Å². The average Bonchev–Trinajstić information content (AvgIpc) is 2.62. The standard InChI is InChI=1S/C17H14Cl3N3O3/c1-21-16(24)17(25)23-22-8-10-7-11(18)5-6-15(10)26-9-12-13(19)3-2-4-14(12)20/h2-8H,9H2,1H3,(H,21,24)(H,23,25)/b22-8-. The molecule has 0 aliphatic carbocycles. The van der Waals surface area contributed by atoms with E-state index in [0.717, 1.165) is 0 Å². The summed E-state index contributed by atoms with van der Waals surface area (Å²) in [5.41, 5.74) is 3.24. The lowest BCUT2D eigenvalue weighted by atomic mass is 10.2. The number of rotatable bonds is 5. The number of hydrazone groups is 1. The summed E-state index contributed by atoms with van der Waals surface area (Å²) >= 11 is 18.2. The Labute approximate surface area is 165 Å². The smallest absolute Gasteiger partial charge is 0.329 e. The molecule has 136 valence electrons. The van der Waals surface area contributed by atoms with Crippen LogP contribution in [0.25, 0.3) is 0 Å². The maximum Gasteiger partial charge on any atom is 0.329 e. The highest BCUT2D eigenvalue weighted by molar-refractivity contribution is 6.36. The number of nitrogens with one attached hydrogen (secondary N) is 2. The van der Waals surface area contributed by atoms with Crippen molar-refractivity contribution in [3.8, 4) is 5.75 Å². The predicted molar refractivity (Wildman–Crippen MR) is 102 cm³/mol. The molecular weight excluding hydrogens is 401 g/mol. The van der Waals surface area contributed by atoms with Gasteiger partial charge in [-0.25, -0.2) is 5.43 Å². The van der Waals surface area contributed by atoms with E-state index in [1.165, 1.54) is 13.3 Å². The Morgan fingerprint density at radius 2 is 1.81 bits per heavy atom. The fourth-order valence-corrected chi connectivity index (χ4v) is 2.58. The highest BCUT2D eigenvalue weighted by Crippen LogP contribution is 2.27. The number of hydrogen-bond acceptors (Lipinski definition) is 4. The quantitative estimate of drug-likeness (QED) is 0.447. The lowest BCUT2D eigenvalue weighted by molar-refractivity contribution is -0.138. The molecule has 0 heterocycles. The molecule has 9 heteroatoms. The van der Waals surface area contributed by atoms with E-state index in [9.17, 15) is 9.59 Å². The lowest BCUT2D eigenvalue weighted by Gasteiger charge is -2.11. The molecule has 0 aromatic heterocycles. The predicted octanol–water partition coefficient (Wildman–Crippen LogP) is 3.42. The van der Waals surface area contributed by atoms with Crippen LogP contribution in [0.5, 0.6) is 5.75 Å². The molecule has 0 bridgehead atoms. The van der Waals surface area contributed by atoms with Gasteiger partial charge in [0.05, 0.1) is 6.21 Å². The summed E-state index contributed by atoms with van der Waals surface area (Å²) in [5, 5.41) is 7.34. The molecule has 2 rings (SSSR count). The van der Waals surface area contributed by atoms with Crippen LogP contribution in [0.2, 0.25) is 15.1 Å². The zero-order chi connectivity index (χ0) is 19.1. The van der Waals surface area contributed by atoms with Crippen LogP contribution in [-0.2, 0) is 16.2 Å². The van der Waals surface area contributed by atoms with Crippen molar-refractivity contribution >= 4 is 52.8 Å². The number of ether oxygens (including phenoxy) is 1. The van der Waals surface area contributed by atoms with E-state index in [1.807, 2.05) is 0 Å². The topological polar surface area (TPSA) is 79.8 Å². The molecule has 0 aliphatic heterocycles. The molecule has 2 N–H and O–H groups in total. The molecule has 0 aliphatic rings. The molecule has 2 aromatic rings. The minimum atomic E-state index is -0.893. The van der Waals surface area contributed by atoms with Gasteiger partial charge in [0.1, 0.15) is 12.4 Å². The molecular formula is C17H14Cl3N3O3. The Morgan fingerprint density at radius 3 is 2.46 bits per heavy atom. The number of halogens is 3. The molecule has 0 saturated carbocycles. The van der Waals surface area contributed by atoms with Crippen molar-refractivity contribution in [3.05, 3.63) is 62.6 Å². The van der Waals surface area contributed by atoms with Gasteiger partial charge in [-0.15, -0.1) is 0 Å². The first-order valence-corrected chi connectivity index (χ1v) is 8.46. The van der Waals surface area contributed by atoms with Crippen LogP contribution in [0.15, 0.2) is 41.5 Å². The second-order valence-electron chi connectivity index (χ2n) is 4.95. The van der Waals surface area contributed by atoms with Gasteiger partial charge >= 0.3 is 11.8 Å². The first kappa shape index (κ1) is 20.0. The Bertz CT molecular complexity index is 836. The molecule has 0 spiro atoms. The molecule has 0 saturated heterocycles. The van der Waals surface area contributed by atoms with Gasteiger partial charge < -0.3 is 10.1 Å². The number of amides is 2. The van der Waals surface area contributed by atoms with E-state index in [0.29, 0.717) is 31.9 Å². The largest absolute Gasteiger partial charge is 0.488 e. The van der Waals surface area contributed by atoms with E-state index in [1.54, 1.807) is 36.4 Å². The fourth-order valence-electron chi connectivity index (χ4n) is 1.90. The van der Waals surface area contributed by atoms with Crippen molar-refractivity contribution in [2.75, 3.05) is 7.05 Å². The molecule has 0 unspecified atom stereocenters. The number of hydrogen-bond donors (Lipinski definition) is 2. The summed E-state index contributed by atoms with van der Waals surface area (Å²) in [6.45, 7) is 0.131. The zero-order valence-electron chi connectivity index (χ0n) is 13.6. The summed E-state index contributed by atoms with van der Waals surface area (Å²) in [5.74, 6) is -1.25. The van der Waals surface area contributed by atoms with Crippen molar-refractivity contribution in [1.82, 2.24) is 10.7 Å². The summed E-state index contributed by atoms with van der Waals surface area (Å²) in [7, 11) is 1.34. The number of nitrogens with zero attached hydrogens (tertiary/aromatic N) is 1. The maximum atomic E-state index is 11.4. The van der Waals surface area contributed by atoms with Gasteiger partial charge in [0, 0.05) is 33.2 Å². The molecule has 0 atom stereocenters. The third kappa shape index (κ3) is 5.36. The second-order valence-corrected chi connectivity index (χ2v) is 6.20. The van der Waals surface area contributed by atoms with Gasteiger partial charge in [-0.2, -0.15) is 5.10 Å². The maximum absolute atomic E-state index is 11.4. The molecule has 2 amide bonds. The molecule has 2 aromatic carbocycles. The van der Waals surface area contributed by atoms with Gasteiger partial charge in [0.2, 0.25) is 0 Å². The minimum absolute atomic E-state index is 0.131. The third-order valence-electron chi connectivity index (χ3n) is 3.21. The first-order valence-electron chi connectivity index (χ1n) is 7.32. The summed E-state index contributed by atoms with van der Waals surface area (Å²) in [6, 6.07) is 10.1. The van der Waals surface area contributed by atoms with Crippen molar-refractivity contribution in [1.29, 1.82) is 0 Å². The molecule has 0 radical (unpaired) electrons. The molecule has 6 nitrogen and oxygen atoms in total. The summed E-state index contributed by atoms with van der Waals surface area (Å²) in [4.78, 5) is 22.5. The van der Waals surface area contributed by atoms with Gasteiger partial charge in [-0.3, -0.25) is 9.59 Å². The Kier molecular flexibility index (Phi) is 7.26. The summed E-state index contributed by atoms with van der Waals surface area (Å²) in [6.07, 6.45) is 1.32. The fraction of sp³-hybridized carbons (Fsp3) is 0.118. The Morgan fingerprint density at radius 1 is 1.12 bits per heavy atom. The van der Waals surface area contributed by atoms with E-state index < -0.39 is 11.8 Å². The van der Waals surface area contributed by atoms with E-state index in [4.69, 9.17) is 39.5 Å². The highest BCUT2D eigenvalue weighted by atomic mass is 35.5. The van der Waals surface area contributed by atoms with Crippen LogP contribution in [0.1, 0.15) is 11.1 Å². The first-order chi connectivity index (χ1) is 12.4. The molecule has 26 heavy (non-hydrogen) atoms. The van der Waals surface area contributed by atoms with Crippen LogP contribution >= 0.6 is 34.8 Å². The number of carbonyl (C=O) groups excluding carboxylic acids is 2. The van der Waals surface area contributed by atoms with Crippen LogP contribution in [-0.4, -0.2) is 25.1 Å². The van der Waals surface area contributed by atoms with Gasteiger partial charge in [-0.05, 0) is 30.3 Å². The Balaban J connectivity index is 2.14. The van der Waals surface area contributed by atoms with E-state index >= 15 is 0 Å². The number of carbonyl (C=O) groups is 2. The van der Waals surface area contributed by atoms with E-state index in [-0.39, 0.29) is 6.61 Å². The van der Waals surface area contributed by atoms with Crippen molar-refractivity contribution in [2.24, 2.45) is 5.10 Å². The Hall–Kier alpha value is -2.28. The SMILES string of the molecule is CNC(=O)C(=O)N/N=C\c1cc(Cl)ccc1OCc1c(Cl)cccc1Cl. The number of likely N-dealkylation sites (N-methyl/N-ethyl adjacent to an activating group) is 1. The number of benzene rings is 2. The second kappa shape index (κ2) is 9.43. The van der Waals surface area contributed by atoms with Gasteiger partial charge in [0.15, 0.2) is 0 Å². The van der Waals surface area contributed by atoms with E-state index in [2.05, 4.69) is 15.8 Å².